The molecule has 0 N–H and O–H groups in total. The first-order valence-electron chi connectivity index (χ1n) is 5.41. The van der Waals surface area contributed by atoms with E-state index in [0.717, 1.165) is 12.8 Å². The van der Waals surface area contributed by atoms with Crippen molar-refractivity contribution in [3.05, 3.63) is 35.9 Å². The average Bonchev–Trinajstić information content (AvgIpc) is 2.23. The van der Waals surface area contributed by atoms with E-state index in [4.69, 9.17) is 10.00 Å². The van der Waals surface area contributed by atoms with Crippen molar-refractivity contribution >= 4 is 0 Å². The number of hydrogen-bond donors (Lipinski definition) is 0. The van der Waals surface area contributed by atoms with Crippen molar-refractivity contribution in [2.45, 2.75) is 32.0 Å². The number of ether oxygens (including phenoxy) is 1. The molecule has 0 heterocycles. The Kier molecular flexibility index (Phi) is 3.37. The normalized spacial score (nSPS) is 24.2. The molecule has 2 rings (SSSR count). The molecule has 2 heteroatoms. The van der Waals surface area contributed by atoms with Crippen molar-refractivity contribution in [3.8, 4) is 6.07 Å². The molecule has 0 radical (unpaired) electrons. The highest BCUT2D eigenvalue weighted by molar-refractivity contribution is 5.13. The molecule has 0 bridgehead atoms. The van der Waals surface area contributed by atoms with E-state index in [1.807, 2.05) is 18.2 Å². The van der Waals surface area contributed by atoms with Gasteiger partial charge in [0.05, 0.1) is 18.8 Å². The highest BCUT2D eigenvalue weighted by Crippen LogP contribution is 2.32. The van der Waals surface area contributed by atoms with Gasteiger partial charge in [0.15, 0.2) is 0 Å². The van der Waals surface area contributed by atoms with Crippen molar-refractivity contribution in [2.75, 3.05) is 0 Å². The summed E-state index contributed by atoms with van der Waals surface area (Å²) in [5.41, 5.74) is 1.22. The van der Waals surface area contributed by atoms with Gasteiger partial charge in [-0.2, -0.15) is 5.26 Å². The average molecular weight is 201 g/mol. The zero-order valence-electron chi connectivity index (χ0n) is 8.73. The quantitative estimate of drug-likeness (QED) is 0.750. The molecule has 1 aromatic carbocycles. The van der Waals surface area contributed by atoms with Gasteiger partial charge >= 0.3 is 0 Å². The van der Waals surface area contributed by atoms with Crippen LogP contribution >= 0.6 is 0 Å². The van der Waals surface area contributed by atoms with Gasteiger partial charge in [0.25, 0.3) is 0 Å². The molecule has 78 valence electrons. The van der Waals surface area contributed by atoms with Crippen LogP contribution in [0.25, 0.3) is 0 Å². The Bertz CT molecular complexity index is 335. The SMILES string of the molecule is N#CCC1CC(OCc2ccccc2)C1. The minimum absolute atomic E-state index is 0.378. The molecule has 1 aliphatic carbocycles. The number of benzene rings is 1. The summed E-state index contributed by atoms with van der Waals surface area (Å²) in [4.78, 5) is 0. The molecule has 1 fully saturated rings. The Balaban J connectivity index is 1.67. The van der Waals surface area contributed by atoms with Crippen LogP contribution < -0.4 is 0 Å². The third kappa shape index (κ3) is 2.81. The van der Waals surface area contributed by atoms with Gasteiger partial charge in [-0.1, -0.05) is 30.3 Å². The summed E-state index contributed by atoms with van der Waals surface area (Å²) in [6.07, 6.45) is 3.18. The fraction of sp³-hybridized carbons (Fsp3) is 0.462. The summed E-state index contributed by atoms with van der Waals surface area (Å²) in [6.45, 7) is 0.699. The molecule has 0 aliphatic heterocycles. The van der Waals surface area contributed by atoms with Crippen LogP contribution in [0.1, 0.15) is 24.8 Å². The second-order valence-electron chi connectivity index (χ2n) is 4.12. The monoisotopic (exact) mass is 201 g/mol. The van der Waals surface area contributed by atoms with E-state index in [0.29, 0.717) is 25.0 Å². The summed E-state index contributed by atoms with van der Waals surface area (Å²) >= 11 is 0. The van der Waals surface area contributed by atoms with Gasteiger partial charge in [-0.15, -0.1) is 0 Å². The minimum atomic E-state index is 0.378. The van der Waals surface area contributed by atoms with Gasteiger partial charge in [0, 0.05) is 6.42 Å². The number of hydrogen-bond acceptors (Lipinski definition) is 2. The summed E-state index contributed by atoms with van der Waals surface area (Å²) in [5.74, 6) is 0.579. The molecule has 2 nitrogen and oxygen atoms in total. The zero-order valence-corrected chi connectivity index (χ0v) is 8.73. The van der Waals surface area contributed by atoms with Crippen molar-refractivity contribution in [2.24, 2.45) is 5.92 Å². The second kappa shape index (κ2) is 4.95. The van der Waals surface area contributed by atoms with Crippen LogP contribution in [-0.4, -0.2) is 6.10 Å². The third-order valence-corrected chi connectivity index (χ3v) is 2.90. The molecule has 15 heavy (non-hydrogen) atoms. The number of rotatable bonds is 4. The van der Waals surface area contributed by atoms with E-state index in [-0.39, 0.29) is 0 Å². The van der Waals surface area contributed by atoms with Gasteiger partial charge in [-0.25, -0.2) is 0 Å². The first-order chi connectivity index (χ1) is 7.38. The Labute approximate surface area is 90.5 Å². The van der Waals surface area contributed by atoms with Crippen LogP contribution in [-0.2, 0) is 11.3 Å². The summed E-state index contributed by atoms with van der Waals surface area (Å²) < 4.78 is 5.73. The Morgan fingerprint density at radius 2 is 2.00 bits per heavy atom. The zero-order chi connectivity index (χ0) is 10.5. The van der Waals surface area contributed by atoms with Crippen molar-refractivity contribution in [3.63, 3.8) is 0 Å². The Morgan fingerprint density at radius 1 is 1.27 bits per heavy atom. The molecular weight excluding hydrogens is 186 g/mol. The Morgan fingerprint density at radius 3 is 2.67 bits per heavy atom. The topological polar surface area (TPSA) is 33.0 Å². The summed E-state index contributed by atoms with van der Waals surface area (Å²) in [5, 5.41) is 8.51. The number of nitrogens with zero attached hydrogens (tertiary/aromatic N) is 1. The lowest BCUT2D eigenvalue weighted by atomic mass is 9.80. The molecule has 0 saturated heterocycles. The third-order valence-electron chi connectivity index (χ3n) is 2.90. The maximum Gasteiger partial charge on any atom is 0.0720 e. The lowest BCUT2D eigenvalue weighted by molar-refractivity contribution is -0.0387. The molecular formula is C13H15NO. The van der Waals surface area contributed by atoms with Crippen molar-refractivity contribution < 1.29 is 4.74 Å². The highest BCUT2D eigenvalue weighted by Gasteiger charge is 2.29. The molecule has 1 aromatic rings. The second-order valence-corrected chi connectivity index (χ2v) is 4.12. The maximum absolute atomic E-state index is 8.51. The Hall–Kier alpha value is -1.33. The first-order valence-corrected chi connectivity index (χ1v) is 5.41. The molecule has 0 unspecified atom stereocenters. The molecule has 0 aromatic heterocycles. The van der Waals surface area contributed by atoms with Crippen LogP contribution in [0.3, 0.4) is 0 Å². The van der Waals surface area contributed by atoms with Crippen LogP contribution in [0.2, 0.25) is 0 Å². The fourth-order valence-corrected chi connectivity index (χ4v) is 1.89. The summed E-state index contributed by atoms with van der Waals surface area (Å²) in [7, 11) is 0. The van der Waals surface area contributed by atoms with Gasteiger partial charge in [0.1, 0.15) is 0 Å². The van der Waals surface area contributed by atoms with Crippen LogP contribution in [0.15, 0.2) is 30.3 Å². The molecule has 1 saturated carbocycles. The predicted molar refractivity (Wildman–Crippen MR) is 58.0 cm³/mol. The van der Waals surface area contributed by atoms with Crippen molar-refractivity contribution in [1.82, 2.24) is 0 Å². The molecule has 0 amide bonds. The number of nitriles is 1. The van der Waals surface area contributed by atoms with Crippen molar-refractivity contribution in [1.29, 1.82) is 5.26 Å². The van der Waals surface area contributed by atoms with Gasteiger partial charge in [-0.05, 0) is 24.3 Å². The van der Waals surface area contributed by atoms with E-state index in [1.54, 1.807) is 0 Å². The highest BCUT2D eigenvalue weighted by atomic mass is 16.5. The summed E-state index contributed by atoms with van der Waals surface area (Å²) in [6, 6.07) is 12.4. The largest absolute Gasteiger partial charge is 0.374 e. The first kappa shape index (κ1) is 10.2. The predicted octanol–water partition coefficient (Wildman–Crippen LogP) is 2.90. The van der Waals surface area contributed by atoms with Crippen LogP contribution in [0.4, 0.5) is 0 Å². The molecule has 0 atom stereocenters. The lowest BCUT2D eigenvalue weighted by Gasteiger charge is -2.33. The maximum atomic E-state index is 8.51. The van der Waals surface area contributed by atoms with E-state index >= 15 is 0 Å². The van der Waals surface area contributed by atoms with Crippen LogP contribution in [0.5, 0.6) is 0 Å². The van der Waals surface area contributed by atoms with E-state index in [1.165, 1.54) is 5.56 Å². The van der Waals surface area contributed by atoms with Gasteiger partial charge in [0.2, 0.25) is 0 Å². The van der Waals surface area contributed by atoms with Gasteiger partial charge < -0.3 is 4.74 Å². The smallest absolute Gasteiger partial charge is 0.0720 e. The van der Waals surface area contributed by atoms with E-state index in [9.17, 15) is 0 Å². The molecule has 1 aliphatic rings. The fourth-order valence-electron chi connectivity index (χ4n) is 1.89. The standard InChI is InChI=1S/C13H15NO/c14-7-6-12-8-13(9-12)15-10-11-4-2-1-3-5-11/h1-5,12-13H,6,8-10H2. The van der Waals surface area contributed by atoms with Crippen LogP contribution in [0, 0.1) is 17.2 Å². The molecule has 0 spiro atoms. The minimum Gasteiger partial charge on any atom is -0.374 e. The van der Waals surface area contributed by atoms with Gasteiger partial charge in [-0.3, -0.25) is 0 Å². The van der Waals surface area contributed by atoms with E-state index < -0.39 is 0 Å². The van der Waals surface area contributed by atoms with E-state index in [2.05, 4.69) is 18.2 Å². The lowest BCUT2D eigenvalue weighted by Crippen LogP contribution is -2.30.